The Hall–Kier alpha value is -2.18. The molecule has 0 radical (unpaired) electrons. The lowest BCUT2D eigenvalue weighted by Gasteiger charge is -2.03. The van der Waals surface area contributed by atoms with Crippen molar-refractivity contribution in [1.29, 1.82) is 10.5 Å². The molecule has 132 valence electrons. The first-order chi connectivity index (χ1) is 12.3. The van der Waals surface area contributed by atoms with Crippen molar-refractivity contribution in [1.82, 2.24) is 0 Å². The van der Waals surface area contributed by atoms with E-state index in [0.29, 0.717) is 9.13 Å². The highest BCUT2D eigenvalue weighted by Crippen LogP contribution is 2.18. The third-order valence-electron chi connectivity index (χ3n) is 3.18. The van der Waals surface area contributed by atoms with Crippen molar-refractivity contribution in [3.63, 3.8) is 0 Å². The Morgan fingerprint density at radius 1 is 0.885 bits per heavy atom. The molecule has 0 saturated carbocycles. The van der Waals surface area contributed by atoms with Gasteiger partial charge in [-0.1, -0.05) is 18.2 Å². The number of rotatable bonds is 4. The van der Waals surface area contributed by atoms with Gasteiger partial charge in [-0.2, -0.15) is 10.5 Å². The van der Waals surface area contributed by atoms with Gasteiger partial charge in [0.15, 0.2) is 0 Å². The van der Waals surface area contributed by atoms with E-state index < -0.39 is 11.9 Å². The summed E-state index contributed by atoms with van der Waals surface area (Å²) in [6.07, 6.45) is 0.389. The van der Waals surface area contributed by atoms with Gasteiger partial charge in [0.2, 0.25) is 0 Å². The minimum Gasteiger partial charge on any atom is -0.478 e. The van der Waals surface area contributed by atoms with Crippen molar-refractivity contribution in [2.75, 3.05) is 0 Å². The summed E-state index contributed by atoms with van der Waals surface area (Å²) in [6.45, 7) is 0. The van der Waals surface area contributed by atoms with Gasteiger partial charge in [0.25, 0.3) is 0 Å². The highest BCUT2D eigenvalue weighted by Gasteiger charge is 2.12. The molecule has 0 aromatic heterocycles. The Labute approximate surface area is 177 Å². The van der Waals surface area contributed by atoms with Crippen LogP contribution in [0.5, 0.6) is 0 Å². The molecule has 0 saturated heterocycles. The van der Waals surface area contributed by atoms with Gasteiger partial charge >= 0.3 is 11.9 Å². The lowest BCUT2D eigenvalue weighted by atomic mass is 10.1. The number of hydrogen-bond acceptors (Lipinski definition) is 4. The van der Waals surface area contributed by atoms with E-state index >= 15 is 0 Å². The number of carboxylic acids is 2. The second-order valence-electron chi connectivity index (χ2n) is 4.82. The summed E-state index contributed by atoms with van der Waals surface area (Å²) in [7, 11) is 0. The first-order valence-electron chi connectivity index (χ1n) is 7.08. The van der Waals surface area contributed by atoms with Gasteiger partial charge < -0.3 is 10.2 Å². The molecular formula is C18H12I2N2O4. The molecular weight excluding hydrogens is 562 g/mol. The number of nitriles is 2. The third-order valence-corrected chi connectivity index (χ3v) is 5.47. The largest absolute Gasteiger partial charge is 0.478 e. The van der Waals surface area contributed by atoms with E-state index in [0.717, 1.165) is 9.13 Å². The summed E-state index contributed by atoms with van der Waals surface area (Å²) >= 11 is 3.98. The average Bonchev–Trinajstić information content (AvgIpc) is 2.59. The van der Waals surface area contributed by atoms with Crippen molar-refractivity contribution >= 4 is 57.1 Å². The fraction of sp³-hybridized carbons (Fsp3) is 0.111. The first kappa shape index (κ1) is 21.9. The van der Waals surface area contributed by atoms with E-state index in [-0.39, 0.29) is 24.0 Å². The van der Waals surface area contributed by atoms with Gasteiger partial charge in [0.05, 0.1) is 36.1 Å². The molecule has 2 aromatic rings. The molecule has 2 N–H and O–H groups in total. The van der Waals surface area contributed by atoms with E-state index in [2.05, 4.69) is 0 Å². The zero-order valence-corrected chi connectivity index (χ0v) is 17.6. The minimum absolute atomic E-state index is 0.140. The van der Waals surface area contributed by atoms with Crippen LogP contribution in [0, 0.1) is 29.8 Å². The lowest BCUT2D eigenvalue weighted by molar-refractivity contribution is 0.0685. The number of carbonyl (C=O) groups is 2. The maximum Gasteiger partial charge on any atom is 0.336 e. The van der Waals surface area contributed by atoms with E-state index in [1.165, 1.54) is 12.1 Å². The predicted molar refractivity (Wildman–Crippen MR) is 111 cm³/mol. The molecule has 0 atom stereocenters. The number of nitrogens with zero attached hydrogens (tertiary/aromatic N) is 2. The summed E-state index contributed by atoms with van der Waals surface area (Å²) in [6, 6.07) is 13.9. The summed E-state index contributed by atoms with van der Waals surface area (Å²) < 4.78 is 1.47. The van der Waals surface area contributed by atoms with Crippen molar-refractivity contribution in [3.05, 3.63) is 65.8 Å². The number of hydrogen-bond donors (Lipinski definition) is 2. The Morgan fingerprint density at radius 2 is 1.42 bits per heavy atom. The molecule has 0 spiro atoms. The summed E-state index contributed by atoms with van der Waals surface area (Å²) in [5, 5.41) is 34.6. The Bertz CT molecular complexity index is 914. The molecule has 0 amide bonds. The SMILES string of the molecule is N#CCc1c(I)cccc1C(=O)O.N#CCc1cccc(C(=O)O)c1I. The second-order valence-corrected chi connectivity index (χ2v) is 7.07. The maximum absolute atomic E-state index is 10.7. The zero-order chi connectivity index (χ0) is 19.7. The highest BCUT2D eigenvalue weighted by molar-refractivity contribution is 14.1. The standard InChI is InChI=1S/2C9H6INO2/c10-8-3-1-2-7(9(12)13)6(8)4-5-11;10-8-6(4-5-11)2-1-3-7(8)9(12)13/h2*1-3H,4H2,(H,12,13). The predicted octanol–water partition coefficient (Wildman–Crippen LogP) is 4.11. The Morgan fingerprint density at radius 3 is 1.96 bits per heavy atom. The van der Waals surface area contributed by atoms with Crippen LogP contribution < -0.4 is 0 Å². The van der Waals surface area contributed by atoms with E-state index in [1.54, 1.807) is 24.3 Å². The number of aromatic carboxylic acids is 2. The molecule has 2 rings (SSSR count). The topological polar surface area (TPSA) is 122 Å². The maximum atomic E-state index is 10.7. The van der Waals surface area contributed by atoms with Gasteiger partial charge in [0, 0.05) is 7.14 Å². The lowest BCUT2D eigenvalue weighted by Crippen LogP contribution is -2.03. The summed E-state index contributed by atoms with van der Waals surface area (Å²) in [5.74, 6) is -1.94. The van der Waals surface area contributed by atoms with Crippen LogP contribution in [0.15, 0.2) is 36.4 Å². The van der Waals surface area contributed by atoms with E-state index in [9.17, 15) is 9.59 Å². The molecule has 0 aliphatic heterocycles. The Balaban J connectivity index is 0.000000260. The number of benzene rings is 2. The van der Waals surface area contributed by atoms with Crippen LogP contribution >= 0.6 is 45.2 Å². The fourth-order valence-corrected chi connectivity index (χ4v) is 3.45. The Kier molecular flexibility index (Phi) is 9.02. The van der Waals surface area contributed by atoms with Crippen LogP contribution in [0.25, 0.3) is 0 Å². The van der Waals surface area contributed by atoms with Crippen LogP contribution in [-0.4, -0.2) is 22.2 Å². The van der Waals surface area contributed by atoms with Crippen LogP contribution in [0.3, 0.4) is 0 Å². The van der Waals surface area contributed by atoms with Crippen molar-refractivity contribution < 1.29 is 19.8 Å². The molecule has 26 heavy (non-hydrogen) atoms. The molecule has 0 fully saturated rings. The number of carboxylic acid groups (broad SMARTS) is 2. The van der Waals surface area contributed by atoms with Crippen molar-refractivity contribution in [2.45, 2.75) is 12.8 Å². The van der Waals surface area contributed by atoms with Gasteiger partial charge in [-0.15, -0.1) is 0 Å². The van der Waals surface area contributed by atoms with Gasteiger partial charge in [-0.3, -0.25) is 0 Å². The van der Waals surface area contributed by atoms with Gasteiger partial charge in [-0.25, -0.2) is 9.59 Å². The van der Waals surface area contributed by atoms with E-state index in [1.807, 2.05) is 57.3 Å². The molecule has 0 heterocycles. The molecule has 0 aliphatic rings. The van der Waals surface area contributed by atoms with Crippen LogP contribution in [0.1, 0.15) is 31.8 Å². The van der Waals surface area contributed by atoms with Crippen LogP contribution in [-0.2, 0) is 12.8 Å². The zero-order valence-electron chi connectivity index (χ0n) is 13.2. The normalized spacial score (nSPS) is 9.23. The number of halogens is 2. The van der Waals surface area contributed by atoms with Crippen molar-refractivity contribution in [2.24, 2.45) is 0 Å². The smallest absolute Gasteiger partial charge is 0.336 e. The summed E-state index contributed by atoms with van der Waals surface area (Å²) in [4.78, 5) is 21.4. The van der Waals surface area contributed by atoms with Crippen LogP contribution in [0.4, 0.5) is 0 Å². The van der Waals surface area contributed by atoms with Crippen LogP contribution in [0.2, 0.25) is 0 Å². The van der Waals surface area contributed by atoms with Gasteiger partial charge in [0.1, 0.15) is 0 Å². The minimum atomic E-state index is -0.983. The molecule has 0 bridgehead atoms. The fourth-order valence-electron chi connectivity index (χ4n) is 1.98. The third kappa shape index (κ3) is 5.97. The average molecular weight is 574 g/mol. The highest BCUT2D eigenvalue weighted by atomic mass is 127. The molecule has 0 unspecified atom stereocenters. The van der Waals surface area contributed by atoms with Crippen molar-refractivity contribution in [3.8, 4) is 12.1 Å². The molecule has 8 heteroatoms. The molecule has 0 aliphatic carbocycles. The summed E-state index contributed by atoms with van der Waals surface area (Å²) in [5.41, 5.74) is 1.84. The van der Waals surface area contributed by atoms with E-state index in [4.69, 9.17) is 20.7 Å². The second kappa shape index (κ2) is 10.7. The monoisotopic (exact) mass is 574 g/mol. The van der Waals surface area contributed by atoms with Gasteiger partial charge in [-0.05, 0) is 74.5 Å². The quantitative estimate of drug-likeness (QED) is 0.531. The first-order valence-corrected chi connectivity index (χ1v) is 9.24. The molecule has 6 nitrogen and oxygen atoms in total. The molecule has 2 aromatic carbocycles.